The molecular weight excluding hydrogens is 412 g/mol. The third kappa shape index (κ3) is 5.18. The molecule has 3 aromatic carbocycles. The summed E-state index contributed by atoms with van der Waals surface area (Å²) in [4.78, 5) is 32.0. The van der Waals surface area contributed by atoms with Gasteiger partial charge < -0.3 is 4.90 Å². The molecule has 6 nitrogen and oxygen atoms in total. The first-order valence-electron chi connectivity index (χ1n) is 10.9. The normalized spacial score (nSPS) is 10.6. The molecule has 0 saturated heterocycles. The highest BCUT2D eigenvalue weighted by Crippen LogP contribution is 2.24. The summed E-state index contributed by atoms with van der Waals surface area (Å²) in [5, 5.41) is 2.91. The fourth-order valence-electron chi connectivity index (χ4n) is 3.62. The van der Waals surface area contributed by atoms with E-state index in [0.717, 1.165) is 22.5 Å². The molecule has 33 heavy (non-hydrogen) atoms. The zero-order chi connectivity index (χ0) is 23.2. The molecule has 0 unspecified atom stereocenters. The van der Waals surface area contributed by atoms with E-state index in [0.29, 0.717) is 18.1 Å². The Morgan fingerprint density at radius 2 is 1.64 bits per heavy atom. The van der Waals surface area contributed by atoms with E-state index in [-0.39, 0.29) is 18.4 Å². The molecule has 0 saturated carbocycles. The lowest BCUT2D eigenvalue weighted by Crippen LogP contribution is -2.38. The van der Waals surface area contributed by atoms with Crippen LogP contribution in [0.2, 0.25) is 0 Å². The Morgan fingerprint density at radius 1 is 0.939 bits per heavy atom. The van der Waals surface area contributed by atoms with Crippen LogP contribution in [0.3, 0.4) is 0 Å². The van der Waals surface area contributed by atoms with Gasteiger partial charge in [0.25, 0.3) is 5.91 Å². The number of likely N-dealkylation sites (N-methyl/N-ethyl adjacent to an activating group) is 1. The highest BCUT2D eigenvalue weighted by atomic mass is 16.2. The molecule has 1 aromatic heterocycles. The Hall–Kier alpha value is -4.19. The first-order chi connectivity index (χ1) is 16.0. The van der Waals surface area contributed by atoms with Gasteiger partial charge in [-0.25, -0.2) is 4.98 Å². The number of hydrogen-bond acceptors (Lipinski definition) is 3. The SMILES string of the molecule is CCN(CC(=O)Nc1nc(-c2ccccc2)cn1-c1cccc(C)c1)C(=O)c1ccccc1. The van der Waals surface area contributed by atoms with Gasteiger partial charge in [0, 0.05) is 29.6 Å². The van der Waals surface area contributed by atoms with E-state index >= 15 is 0 Å². The van der Waals surface area contributed by atoms with Crippen molar-refractivity contribution in [3.05, 3.63) is 102 Å². The van der Waals surface area contributed by atoms with Crippen molar-refractivity contribution in [2.24, 2.45) is 0 Å². The van der Waals surface area contributed by atoms with Crippen molar-refractivity contribution >= 4 is 17.8 Å². The predicted octanol–water partition coefficient (Wildman–Crippen LogP) is 4.95. The molecule has 1 heterocycles. The average molecular weight is 439 g/mol. The van der Waals surface area contributed by atoms with E-state index < -0.39 is 0 Å². The standard InChI is InChI=1S/C27H26N4O2/c1-3-30(26(33)22-14-8-5-9-15-22)19-25(32)29-27-28-24(21-12-6-4-7-13-21)18-31(27)23-16-10-11-20(2)17-23/h4-18H,3,19H2,1-2H3,(H,28,29,32). The second-order valence-electron chi connectivity index (χ2n) is 7.76. The molecule has 0 spiro atoms. The number of carbonyl (C=O) groups is 2. The van der Waals surface area contributed by atoms with Crippen molar-refractivity contribution in [1.29, 1.82) is 0 Å². The number of rotatable bonds is 7. The first-order valence-corrected chi connectivity index (χ1v) is 10.9. The van der Waals surface area contributed by atoms with E-state index in [1.54, 1.807) is 12.1 Å². The number of aromatic nitrogens is 2. The summed E-state index contributed by atoms with van der Waals surface area (Å²) < 4.78 is 1.86. The predicted molar refractivity (Wildman–Crippen MR) is 130 cm³/mol. The van der Waals surface area contributed by atoms with Crippen LogP contribution in [-0.2, 0) is 4.79 Å². The van der Waals surface area contributed by atoms with Crippen molar-refractivity contribution in [3.63, 3.8) is 0 Å². The van der Waals surface area contributed by atoms with Gasteiger partial charge in [-0.1, -0.05) is 60.7 Å². The van der Waals surface area contributed by atoms with Crippen LogP contribution in [0.1, 0.15) is 22.8 Å². The summed E-state index contributed by atoms with van der Waals surface area (Å²) in [7, 11) is 0. The summed E-state index contributed by atoms with van der Waals surface area (Å²) in [6.45, 7) is 4.23. The van der Waals surface area contributed by atoms with E-state index in [1.165, 1.54) is 4.90 Å². The maximum absolute atomic E-state index is 13.0. The van der Waals surface area contributed by atoms with E-state index in [2.05, 4.69) is 5.32 Å². The zero-order valence-electron chi connectivity index (χ0n) is 18.7. The van der Waals surface area contributed by atoms with Crippen LogP contribution in [0.25, 0.3) is 16.9 Å². The summed E-state index contributed by atoms with van der Waals surface area (Å²) >= 11 is 0. The van der Waals surface area contributed by atoms with Gasteiger partial charge in [-0.05, 0) is 43.7 Å². The van der Waals surface area contributed by atoms with Crippen molar-refractivity contribution < 1.29 is 9.59 Å². The van der Waals surface area contributed by atoms with Crippen molar-refractivity contribution in [3.8, 4) is 16.9 Å². The molecule has 0 atom stereocenters. The molecule has 0 aliphatic carbocycles. The molecule has 6 heteroatoms. The quantitative estimate of drug-likeness (QED) is 0.444. The minimum Gasteiger partial charge on any atom is -0.330 e. The van der Waals surface area contributed by atoms with Crippen molar-refractivity contribution in [2.45, 2.75) is 13.8 Å². The number of hydrogen-bond donors (Lipinski definition) is 1. The van der Waals surface area contributed by atoms with Crippen molar-refractivity contribution in [1.82, 2.24) is 14.5 Å². The fourth-order valence-corrected chi connectivity index (χ4v) is 3.62. The molecule has 0 aliphatic heterocycles. The van der Waals surface area contributed by atoms with Crippen LogP contribution in [0.4, 0.5) is 5.95 Å². The highest BCUT2D eigenvalue weighted by Gasteiger charge is 2.19. The summed E-state index contributed by atoms with van der Waals surface area (Å²) in [6.07, 6.45) is 1.91. The third-order valence-electron chi connectivity index (χ3n) is 5.33. The van der Waals surface area contributed by atoms with Gasteiger partial charge in [-0.2, -0.15) is 0 Å². The number of imidazole rings is 1. The Morgan fingerprint density at radius 3 is 2.30 bits per heavy atom. The topological polar surface area (TPSA) is 67.2 Å². The van der Waals surface area contributed by atoms with E-state index in [4.69, 9.17) is 4.98 Å². The van der Waals surface area contributed by atoms with Gasteiger partial charge in [0.1, 0.15) is 6.54 Å². The Balaban J connectivity index is 1.60. The molecule has 1 N–H and O–H groups in total. The second kappa shape index (κ2) is 9.96. The molecular formula is C27H26N4O2. The molecule has 4 aromatic rings. The Kier molecular flexibility index (Phi) is 6.64. The first kappa shape index (κ1) is 22.0. The fraction of sp³-hybridized carbons (Fsp3) is 0.148. The molecule has 166 valence electrons. The highest BCUT2D eigenvalue weighted by molar-refractivity contribution is 5.99. The summed E-state index contributed by atoms with van der Waals surface area (Å²) in [5.41, 5.74) is 4.26. The second-order valence-corrected chi connectivity index (χ2v) is 7.76. The number of nitrogens with one attached hydrogen (secondary N) is 1. The summed E-state index contributed by atoms with van der Waals surface area (Å²) in [5.74, 6) is -0.0758. The van der Waals surface area contributed by atoms with Crippen LogP contribution in [0, 0.1) is 6.92 Å². The average Bonchev–Trinajstić information content (AvgIpc) is 3.27. The lowest BCUT2D eigenvalue weighted by Gasteiger charge is -2.20. The van der Waals surface area contributed by atoms with Crippen LogP contribution < -0.4 is 5.32 Å². The van der Waals surface area contributed by atoms with Gasteiger partial charge in [0.2, 0.25) is 11.9 Å². The zero-order valence-corrected chi connectivity index (χ0v) is 18.7. The van der Waals surface area contributed by atoms with Gasteiger partial charge in [-0.15, -0.1) is 0 Å². The van der Waals surface area contributed by atoms with Crippen LogP contribution in [0.5, 0.6) is 0 Å². The van der Waals surface area contributed by atoms with E-state index in [9.17, 15) is 9.59 Å². The van der Waals surface area contributed by atoms with Gasteiger partial charge >= 0.3 is 0 Å². The molecule has 2 amide bonds. The number of anilines is 1. The van der Waals surface area contributed by atoms with Gasteiger partial charge in [0.05, 0.1) is 5.69 Å². The van der Waals surface area contributed by atoms with Gasteiger partial charge in [0.15, 0.2) is 0 Å². The van der Waals surface area contributed by atoms with Crippen LogP contribution in [0.15, 0.2) is 91.1 Å². The lowest BCUT2D eigenvalue weighted by atomic mass is 10.2. The largest absolute Gasteiger partial charge is 0.330 e. The molecule has 0 radical (unpaired) electrons. The number of aryl methyl sites for hydroxylation is 1. The van der Waals surface area contributed by atoms with Crippen LogP contribution >= 0.6 is 0 Å². The Labute approximate surface area is 193 Å². The number of benzene rings is 3. The maximum Gasteiger partial charge on any atom is 0.254 e. The van der Waals surface area contributed by atoms with Crippen LogP contribution in [-0.4, -0.2) is 39.4 Å². The minimum atomic E-state index is -0.305. The lowest BCUT2D eigenvalue weighted by molar-refractivity contribution is -0.116. The maximum atomic E-state index is 13.0. The van der Waals surface area contributed by atoms with E-state index in [1.807, 2.05) is 97.4 Å². The number of nitrogens with zero attached hydrogens (tertiary/aromatic N) is 3. The number of amides is 2. The third-order valence-corrected chi connectivity index (χ3v) is 5.33. The number of carbonyl (C=O) groups excluding carboxylic acids is 2. The molecule has 0 bridgehead atoms. The van der Waals surface area contributed by atoms with Gasteiger partial charge in [-0.3, -0.25) is 19.5 Å². The van der Waals surface area contributed by atoms with Crippen molar-refractivity contribution in [2.75, 3.05) is 18.4 Å². The molecule has 4 rings (SSSR count). The summed E-state index contributed by atoms with van der Waals surface area (Å²) in [6, 6.07) is 26.8. The Bertz CT molecular complexity index is 1250. The monoisotopic (exact) mass is 438 g/mol. The molecule has 0 fully saturated rings. The molecule has 0 aliphatic rings. The minimum absolute atomic E-state index is 0.0639. The smallest absolute Gasteiger partial charge is 0.254 e.